The topological polar surface area (TPSA) is 57.5 Å². The molecule has 0 bridgehead atoms. The lowest BCUT2D eigenvalue weighted by atomic mass is 9.77. The number of carbonyl (C=O) groups is 1. The molecular weight excluding hydrogens is 144 g/mol. The van der Waals surface area contributed by atoms with Gasteiger partial charge >= 0.3 is 5.97 Å². The van der Waals surface area contributed by atoms with Crippen molar-refractivity contribution >= 4 is 5.97 Å². The Morgan fingerprint density at radius 2 is 1.91 bits per heavy atom. The van der Waals surface area contributed by atoms with Gasteiger partial charge in [0, 0.05) is 0 Å². The van der Waals surface area contributed by atoms with E-state index in [4.69, 9.17) is 5.11 Å². The highest BCUT2D eigenvalue weighted by Crippen LogP contribution is 2.45. The number of aliphatic carboxylic acids is 1. The minimum atomic E-state index is -1.03. The molecular formula is C8H14O3. The van der Waals surface area contributed by atoms with Crippen LogP contribution in [0.3, 0.4) is 0 Å². The molecule has 0 radical (unpaired) electrons. The van der Waals surface area contributed by atoms with Crippen molar-refractivity contribution in [1.29, 1.82) is 0 Å². The van der Waals surface area contributed by atoms with Gasteiger partial charge in [0.1, 0.15) is 0 Å². The summed E-state index contributed by atoms with van der Waals surface area (Å²) in [4.78, 5) is 10.8. The van der Waals surface area contributed by atoms with Gasteiger partial charge in [-0.05, 0) is 33.1 Å². The summed E-state index contributed by atoms with van der Waals surface area (Å²) in [5.74, 6) is -0.889. The Morgan fingerprint density at radius 1 is 1.36 bits per heavy atom. The molecule has 0 saturated heterocycles. The van der Waals surface area contributed by atoms with Crippen molar-refractivity contribution in [3.63, 3.8) is 0 Å². The van der Waals surface area contributed by atoms with Gasteiger partial charge in [0.05, 0.1) is 11.0 Å². The van der Waals surface area contributed by atoms with E-state index in [1.54, 1.807) is 13.8 Å². The van der Waals surface area contributed by atoms with Crippen molar-refractivity contribution in [1.82, 2.24) is 0 Å². The van der Waals surface area contributed by atoms with Crippen LogP contribution in [0, 0.1) is 5.41 Å². The summed E-state index contributed by atoms with van der Waals surface area (Å²) in [6.45, 7) is 3.22. The van der Waals surface area contributed by atoms with Crippen LogP contribution in [0.1, 0.15) is 33.1 Å². The fourth-order valence-corrected chi connectivity index (χ4v) is 1.67. The number of carboxylic acid groups (broad SMARTS) is 1. The van der Waals surface area contributed by atoms with Gasteiger partial charge < -0.3 is 10.2 Å². The van der Waals surface area contributed by atoms with E-state index in [0.717, 1.165) is 6.42 Å². The molecule has 0 aromatic carbocycles. The summed E-state index contributed by atoms with van der Waals surface area (Å²) in [6, 6.07) is 0. The molecule has 0 heterocycles. The predicted molar refractivity (Wildman–Crippen MR) is 40.2 cm³/mol. The molecule has 3 heteroatoms. The zero-order valence-electron chi connectivity index (χ0n) is 6.92. The molecule has 3 nitrogen and oxygen atoms in total. The van der Waals surface area contributed by atoms with Crippen molar-refractivity contribution in [3.05, 3.63) is 0 Å². The molecule has 0 aromatic heterocycles. The maximum absolute atomic E-state index is 10.8. The summed E-state index contributed by atoms with van der Waals surface area (Å²) >= 11 is 0. The molecule has 2 unspecified atom stereocenters. The largest absolute Gasteiger partial charge is 0.481 e. The number of carboxylic acids is 1. The van der Waals surface area contributed by atoms with Crippen molar-refractivity contribution < 1.29 is 15.0 Å². The number of hydrogen-bond acceptors (Lipinski definition) is 2. The van der Waals surface area contributed by atoms with Crippen molar-refractivity contribution in [2.75, 3.05) is 0 Å². The maximum Gasteiger partial charge on any atom is 0.312 e. The molecule has 1 saturated carbocycles. The Hall–Kier alpha value is -0.570. The molecule has 2 atom stereocenters. The normalized spacial score (nSPS) is 44.3. The van der Waals surface area contributed by atoms with Crippen LogP contribution in [0.2, 0.25) is 0 Å². The third-order valence-electron chi connectivity index (χ3n) is 3.00. The first-order valence-electron chi connectivity index (χ1n) is 3.86. The summed E-state index contributed by atoms with van der Waals surface area (Å²) in [5.41, 5.74) is -1.97. The van der Waals surface area contributed by atoms with Gasteiger partial charge in [0.25, 0.3) is 0 Å². The first-order chi connectivity index (χ1) is 4.90. The molecule has 64 valence electrons. The molecule has 2 N–H and O–H groups in total. The lowest BCUT2D eigenvalue weighted by Crippen LogP contribution is -2.44. The molecule has 1 rings (SSSR count). The highest BCUT2D eigenvalue weighted by atomic mass is 16.4. The van der Waals surface area contributed by atoms with Gasteiger partial charge in [0.2, 0.25) is 0 Å². The highest BCUT2D eigenvalue weighted by Gasteiger charge is 2.52. The Balaban J connectivity index is 2.93. The zero-order valence-corrected chi connectivity index (χ0v) is 6.92. The van der Waals surface area contributed by atoms with Gasteiger partial charge in [-0.25, -0.2) is 0 Å². The van der Waals surface area contributed by atoms with Crippen LogP contribution >= 0.6 is 0 Å². The smallest absolute Gasteiger partial charge is 0.312 e. The first-order valence-corrected chi connectivity index (χ1v) is 3.86. The quantitative estimate of drug-likeness (QED) is 0.598. The molecule has 1 aliphatic carbocycles. The molecule has 0 spiro atoms. The summed E-state index contributed by atoms with van der Waals surface area (Å²) in [7, 11) is 0. The van der Waals surface area contributed by atoms with E-state index in [0.29, 0.717) is 12.8 Å². The zero-order chi connectivity index (χ0) is 8.70. The average Bonchev–Trinajstić information content (AvgIpc) is 2.09. The molecule has 1 aliphatic rings. The van der Waals surface area contributed by atoms with E-state index in [2.05, 4.69) is 0 Å². The Morgan fingerprint density at radius 3 is 2.09 bits per heavy atom. The van der Waals surface area contributed by atoms with Gasteiger partial charge in [0.15, 0.2) is 0 Å². The van der Waals surface area contributed by atoms with E-state index in [-0.39, 0.29) is 0 Å². The second-order valence-corrected chi connectivity index (χ2v) is 3.76. The molecule has 1 fully saturated rings. The van der Waals surface area contributed by atoms with Crippen molar-refractivity contribution in [2.45, 2.75) is 38.7 Å². The van der Waals surface area contributed by atoms with E-state index in [9.17, 15) is 9.90 Å². The fraction of sp³-hybridized carbons (Fsp3) is 0.875. The summed E-state index contributed by atoms with van der Waals surface area (Å²) < 4.78 is 0. The predicted octanol–water partition coefficient (Wildman–Crippen LogP) is 1.01. The second kappa shape index (κ2) is 2.21. The van der Waals surface area contributed by atoms with Crippen LogP contribution in [0.25, 0.3) is 0 Å². The van der Waals surface area contributed by atoms with Crippen LogP contribution in [0.5, 0.6) is 0 Å². The van der Waals surface area contributed by atoms with Crippen LogP contribution in [0.15, 0.2) is 0 Å². The monoisotopic (exact) mass is 158 g/mol. The molecule has 0 aromatic rings. The number of aliphatic hydroxyl groups is 1. The number of rotatable bonds is 1. The highest BCUT2D eigenvalue weighted by molar-refractivity contribution is 5.76. The van der Waals surface area contributed by atoms with Crippen molar-refractivity contribution in [2.24, 2.45) is 5.41 Å². The summed E-state index contributed by atoms with van der Waals surface area (Å²) in [5, 5.41) is 18.6. The second-order valence-electron chi connectivity index (χ2n) is 3.76. The van der Waals surface area contributed by atoms with Gasteiger partial charge in [-0.3, -0.25) is 4.79 Å². The standard InChI is InChI=1S/C8H14O3/c1-7(6(9)10)4-3-5-8(7,2)11/h11H,3-5H2,1-2H3,(H,9,10). The lowest BCUT2D eigenvalue weighted by Gasteiger charge is -2.32. The van der Waals surface area contributed by atoms with Crippen LogP contribution in [-0.4, -0.2) is 21.8 Å². The van der Waals surface area contributed by atoms with E-state index >= 15 is 0 Å². The Bertz CT molecular complexity index is 186. The van der Waals surface area contributed by atoms with E-state index < -0.39 is 17.0 Å². The first kappa shape index (κ1) is 8.53. The maximum atomic E-state index is 10.8. The van der Waals surface area contributed by atoms with Gasteiger partial charge in [-0.2, -0.15) is 0 Å². The number of hydrogen-bond donors (Lipinski definition) is 2. The SMILES string of the molecule is CC1(O)CCCC1(C)C(=O)O. The minimum absolute atomic E-state index is 0.579. The minimum Gasteiger partial charge on any atom is -0.481 e. The molecule has 0 amide bonds. The van der Waals surface area contributed by atoms with E-state index in [1.165, 1.54) is 0 Å². The fourth-order valence-electron chi connectivity index (χ4n) is 1.67. The van der Waals surface area contributed by atoms with Crippen LogP contribution < -0.4 is 0 Å². The Labute approximate surface area is 66.0 Å². The Kier molecular flexibility index (Phi) is 1.71. The van der Waals surface area contributed by atoms with Crippen LogP contribution in [0.4, 0.5) is 0 Å². The third kappa shape index (κ3) is 1.03. The van der Waals surface area contributed by atoms with E-state index in [1.807, 2.05) is 0 Å². The molecule has 11 heavy (non-hydrogen) atoms. The lowest BCUT2D eigenvalue weighted by molar-refractivity contribution is -0.160. The average molecular weight is 158 g/mol. The summed E-state index contributed by atoms with van der Waals surface area (Å²) in [6.07, 6.45) is 1.97. The third-order valence-corrected chi connectivity index (χ3v) is 3.00. The van der Waals surface area contributed by atoms with Gasteiger partial charge in [-0.1, -0.05) is 0 Å². The van der Waals surface area contributed by atoms with Gasteiger partial charge in [-0.15, -0.1) is 0 Å². The van der Waals surface area contributed by atoms with Crippen molar-refractivity contribution in [3.8, 4) is 0 Å². The van der Waals surface area contributed by atoms with Crippen LogP contribution in [-0.2, 0) is 4.79 Å². The molecule has 0 aliphatic heterocycles.